The van der Waals surface area contributed by atoms with Gasteiger partial charge in [-0.05, 0) is 12.1 Å². The molecule has 0 bridgehead atoms. The molecule has 5 nitrogen and oxygen atoms in total. The Labute approximate surface area is 159 Å². The van der Waals surface area contributed by atoms with Gasteiger partial charge in [-0.25, -0.2) is 0 Å². The first kappa shape index (κ1) is 19.0. The lowest BCUT2D eigenvalue weighted by molar-refractivity contribution is -0.132. The third-order valence-electron chi connectivity index (χ3n) is 4.82. The number of ether oxygens (including phenoxy) is 2. The van der Waals surface area contributed by atoms with Gasteiger partial charge in [-0.1, -0.05) is 42.5 Å². The average molecular weight is 367 g/mol. The number of benzene rings is 2. The molecule has 5 heteroatoms. The lowest BCUT2D eigenvalue weighted by Gasteiger charge is -2.32. The van der Waals surface area contributed by atoms with Crippen LogP contribution in [0.25, 0.3) is 0 Å². The van der Waals surface area contributed by atoms with Crippen molar-refractivity contribution in [1.82, 2.24) is 4.90 Å². The van der Waals surface area contributed by atoms with Crippen LogP contribution in [0.1, 0.15) is 36.0 Å². The minimum absolute atomic E-state index is 0.0124. The van der Waals surface area contributed by atoms with Crippen molar-refractivity contribution >= 4 is 11.7 Å². The molecule has 1 amide bonds. The summed E-state index contributed by atoms with van der Waals surface area (Å²) < 4.78 is 11.4. The molecular formula is C22H25NO4. The summed E-state index contributed by atoms with van der Waals surface area (Å²) in [4.78, 5) is 26.4. The zero-order valence-electron chi connectivity index (χ0n) is 15.6. The van der Waals surface area contributed by atoms with Crippen molar-refractivity contribution in [2.75, 3.05) is 20.2 Å². The maximum atomic E-state index is 12.4. The average Bonchev–Trinajstić information content (AvgIpc) is 2.73. The third-order valence-corrected chi connectivity index (χ3v) is 4.82. The molecule has 1 saturated heterocycles. The molecule has 0 N–H and O–H groups in total. The number of ketones is 1. The van der Waals surface area contributed by atoms with Crippen LogP contribution in [0.2, 0.25) is 0 Å². The number of hydrogen-bond acceptors (Lipinski definition) is 4. The summed E-state index contributed by atoms with van der Waals surface area (Å²) in [7, 11) is 1.63. The third kappa shape index (κ3) is 5.09. The van der Waals surface area contributed by atoms with Crippen molar-refractivity contribution < 1.29 is 19.1 Å². The summed E-state index contributed by atoms with van der Waals surface area (Å²) in [6, 6.07) is 16.7. The highest BCUT2D eigenvalue weighted by Crippen LogP contribution is 2.29. The molecule has 2 aromatic carbocycles. The molecule has 0 spiro atoms. The van der Waals surface area contributed by atoms with Crippen LogP contribution in [0.5, 0.6) is 11.5 Å². The first-order chi connectivity index (χ1) is 13.2. The number of methoxy groups -OCH3 is 1. The normalized spacial score (nSPS) is 14.6. The molecule has 3 rings (SSSR count). The number of piperidine rings is 1. The first-order valence-electron chi connectivity index (χ1n) is 9.33. The van der Waals surface area contributed by atoms with Crippen LogP contribution in [-0.4, -0.2) is 42.9 Å². The zero-order valence-corrected chi connectivity index (χ0v) is 15.6. The van der Waals surface area contributed by atoms with E-state index in [1.165, 1.54) is 0 Å². The van der Waals surface area contributed by atoms with E-state index in [9.17, 15) is 9.59 Å². The Balaban J connectivity index is 1.44. The van der Waals surface area contributed by atoms with Crippen molar-refractivity contribution in [3.63, 3.8) is 0 Å². The number of hydrogen-bond donors (Lipinski definition) is 0. The van der Waals surface area contributed by atoms with E-state index in [1.807, 2.05) is 47.4 Å². The van der Waals surface area contributed by atoms with Gasteiger partial charge in [-0.3, -0.25) is 9.59 Å². The highest BCUT2D eigenvalue weighted by atomic mass is 16.5. The standard InChI is InChI=1S/C22H25NO4/c1-26-20-9-5-6-10-21(20)27-18-13-15-23(16-14-18)22(25)12-11-19(24)17-7-3-2-4-8-17/h2-10,18H,11-16H2,1H3. The summed E-state index contributed by atoms with van der Waals surface area (Å²) in [6.45, 7) is 1.30. The smallest absolute Gasteiger partial charge is 0.223 e. The number of carbonyl (C=O) groups excluding carboxylic acids is 2. The summed E-state index contributed by atoms with van der Waals surface area (Å²) in [5.41, 5.74) is 0.661. The van der Waals surface area contributed by atoms with Crippen LogP contribution in [0.15, 0.2) is 54.6 Å². The molecule has 1 aliphatic heterocycles. The Morgan fingerprint density at radius 1 is 0.926 bits per heavy atom. The Morgan fingerprint density at radius 3 is 2.22 bits per heavy atom. The van der Waals surface area contributed by atoms with Gasteiger partial charge in [-0.15, -0.1) is 0 Å². The number of amides is 1. The van der Waals surface area contributed by atoms with E-state index in [1.54, 1.807) is 19.2 Å². The maximum Gasteiger partial charge on any atom is 0.223 e. The Morgan fingerprint density at radius 2 is 1.56 bits per heavy atom. The second-order valence-corrected chi connectivity index (χ2v) is 6.64. The highest BCUT2D eigenvalue weighted by Gasteiger charge is 2.24. The van der Waals surface area contributed by atoms with Gasteiger partial charge >= 0.3 is 0 Å². The Kier molecular flexibility index (Phi) is 6.47. The van der Waals surface area contributed by atoms with E-state index in [-0.39, 0.29) is 30.6 Å². The van der Waals surface area contributed by atoms with E-state index >= 15 is 0 Å². The molecule has 0 atom stereocenters. The Hall–Kier alpha value is -2.82. The van der Waals surface area contributed by atoms with Crippen molar-refractivity contribution in [3.8, 4) is 11.5 Å². The van der Waals surface area contributed by atoms with Crippen molar-refractivity contribution in [3.05, 3.63) is 60.2 Å². The fourth-order valence-corrected chi connectivity index (χ4v) is 3.27. The highest BCUT2D eigenvalue weighted by molar-refractivity contribution is 5.97. The minimum Gasteiger partial charge on any atom is -0.493 e. The van der Waals surface area contributed by atoms with Gasteiger partial charge < -0.3 is 14.4 Å². The maximum absolute atomic E-state index is 12.4. The fraction of sp³-hybridized carbons (Fsp3) is 0.364. The van der Waals surface area contributed by atoms with Crippen molar-refractivity contribution in [2.24, 2.45) is 0 Å². The molecule has 0 saturated carbocycles. The number of nitrogens with zero attached hydrogens (tertiary/aromatic N) is 1. The fourth-order valence-electron chi connectivity index (χ4n) is 3.27. The van der Waals surface area contributed by atoms with Gasteiger partial charge in [0.2, 0.25) is 5.91 Å². The van der Waals surface area contributed by atoms with E-state index in [0.717, 1.165) is 24.3 Å². The van der Waals surface area contributed by atoms with Crippen LogP contribution in [0, 0.1) is 0 Å². The summed E-state index contributed by atoms with van der Waals surface area (Å²) in [5.74, 6) is 1.50. The van der Waals surface area contributed by atoms with E-state index in [2.05, 4.69) is 0 Å². The quantitative estimate of drug-likeness (QED) is 0.700. The van der Waals surface area contributed by atoms with Crippen molar-refractivity contribution in [2.45, 2.75) is 31.8 Å². The summed E-state index contributed by atoms with van der Waals surface area (Å²) in [5, 5.41) is 0. The van der Waals surface area contributed by atoms with Crippen LogP contribution in [-0.2, 0) is 4.79 Å². The van der Waals surface area contributed by atoms with Crippen molar-refractivity contribution in [1.29, 1.82) is 0 Å². The molecule has 2 aromatic rings. The van der Waals surface area contributed by atoms with Crippen LogP contribution in [0.4, 0.5) is 0 Å². The van der Waals surface area contributed by atoms with Crippen LogP contribution >= 0.6 is 0 Å². The van der Waals surface area contributed by atoms with Gasteiger partial charge in [0.1, 0.15) is 6.10 Å². The molecule has 0 unspecified atom stereocenters. The van der Waals surface area contributed by atoms with E-state index in [0.29, 0.717) is 18.7 Å². The molecule has 0 aliphatic carbocycles. The van der Waals surface area contributed by atoms with Gasteiger partial charge in [0, 0.05) is 44.3 Å². The molecule has 0 aromatic heterocycles. The van der Waals surface area contributed by atoms with Crippen LogP contribution in [0.3, 0.4) is 0 Å². The lowest BCUT2D eigenvalue weighted by atomic mass is 10.0. The largest absolute Gasteiger partial charge is 0.493 e. The van der Waals surface area contributed by atoms with E-state index in [4.69, 9.17) is 9.47 Å². The van der Waals surface area contributed by atoms with Crippen LogP contribution < -0.4 is 9.47 Å². The predicted molar refractivity (Wildman–Crippen MR) is 103 cm³/mol. The number of carbonyl (C=O) groups is 2. The van der Waals surface area contributed by atoms with Gasteiger partial charge in [0.15, 0.2) is 17.3 Å². The topological polar surface area (TPSA) is 55.8 Å². The number of likely N-dealkylation sites (tertiary alicyclic amines) is 1. The molecule has 27 heavy (non-hydrogen) atoms. The second kappa shape index (κ2) is 9.21. The van der Waals surface area contributed by atoms with Gasteiger partial charge in [0.25, 0.3) is 0 Å². The lowest BCUT2D eigenvalue weighted by Crippen LogP contribution is -2.41. The molecule has 0 radical (unpaired) electrons. The first-order valence-corrected chi connectivity index (χ1v) is 9.33. The molecule has 1 fully saturated rings. The zero-order chi connectivity index (χ0) is 19.1. The predicted octanol–water partition coefficient (Wildman–Crippen LogP) is 3.73. The summed E-state index contributed by atoms with van der Waals surface area (Å²) in [6.07, 6.45) is 2.12. The van der Waals surface area contributed by atoms with Gasteiger partial charge in [-0.2, -0.15) is 0 Å². The number of rotatable bonds is 7. The number of Topliss-reactive ketones (excluding diaryl/α,β-unsaturated/α-hetero) is 1. The summed E-state index contributed by atoms with van der Waals surface area (Å²) >= 11 is 0. The monoisotopic (exact) mass is 367 g/mol. The van der Waals surface area contributed by atoms with E-state index < -0.39 is 0 Å². The molecule has 142 valence electrons. The Bertz CT molecular complexity index is 767. The number of para-hydroxylation sites is 2. The van der Waals surface area contributed by atoms with Gasteiger partial charge in [0.05, 0.1) is 7.11 Å². The molecule has 1 heterocycles. The minimum atomic E-state index is 0.0124. The molecule has 1 aliphatic rings. The second-order valence-electron chi connectivity index (χ2n) is 6.64. The molecular weight excluding hydrogens is 342 g/mol. The SMILES string of the molecule is COc1ccccc1OC1CCN(C(=O)CCC(=O)c2ccccc2)CC1.